The van der Waals surface area contributed by atoms with E-state index in [9.17, 15) is 4.79 Å². The van der Waals surface area contributed by atoms with Crippen LogP contribution >= 0.6 is 0 Å². The monoisotopic (exact) mass is 249 g/mol. The van der Waals surface area contributed by atoms with Gasteiger partial charge in [0.05, 0.1) is 6.61 Å². The van der Waals surface area contributed by atoms with Gasteiger partial charge in [-0.1, -0.05) is 0 Å². The summed E-state index contributed by atoms with van der Waals surface area (Å²) in [7, 11) is 0. The van der Waals surface area contributed by atoms with Crippen LogP contribution < -0.4 is 15.8 Å². The molecule has 2 heterocycles. The first-order valence-corrected chi connectivity index (χ1v) is 6.35. The number of nitrogens with zero attached hydrogens (tertiary/aromatic N) is 1. The minimum Gasteiger partial charge on any atom is -0.477 e. The van der Waals surface area contributed by atoms with Crippen LogP contribution in [0, 0.1) is 5.92 Å². The quantitative estimate of drug-likeness (QED) is 0.814. The predicted molar refractivity (Wildman–Crippen MR) is 68.5 cm³/mol. The molecule has 2 rings (SSSR count). The normalized spacial score (nSPS) is 19.4. The third-order valence-corrected chi connectivity index (χ3v) is 3.20. The molecule has 1 saturated heterocycles. The number of ether oxygens (including phenoxy) is 1. The molecule has 1 aromatic rings. The zero-order valence-corrected chi connectivity index (χ0v) is 10.4. The van der Waals surface area contributed by atoms with E-state index in [4.69, 9.17) is 10.5 Å². The lowest BCUT2D eigenvalue weighted by Crippen LogP contribution is -2.30. The van der Waals surface area contributed by atoms with Gasteiger partial charge in [-0.3, -0.25) is 4.79 Å². The zero-order valence-electron chi connectivity index (χ0n) is 10.4. The van der Waals surface area contributed by atoms with E-state index >= 15 is 0 Å². The summed E-state index contributed by atoms with van der Waals surface area (Å²) in [6, 6.07) is 3.31. The van der Waals surface area contributed by atoms with E-state index in [1.54, 1.807) is 18.3 Å². The van der Waals surface area contributed by atoms with Crippen molar-refractivity contribution in [1.29, 1.82) is 0 Å². The average molecular weight is 249 g/mol. The molecule has 18 heavy (non-hydrogen) atoms. The molecule has 5 nitrogen and oxygen atoms in total. The van der Waals surface area contributed by atoms with Gasteiger partial charge < -0.3 is 15.8 Å². The number of primary amides is 1. The van der Waals surface area contributed by atoms with Crippen LogP contribution in [0.15, 0.2) is 18.3 Å². The van der Waals surface area contributed by atoms with E-state index in [0.29, 0.717) is 24.0 Å². The summed E-state index contributed by atoms with van der Waals surface area (Å²) >= 11 is 0. The Labute approximate surface area is 107 Å². The van der Waals surface area contributed by atoms with Crippen molar-refractivity contribution in [2.24, 2.45) is 11.7 Å². The Morgan fingerprint density at radius 1 is 1.61 bits per heavy atom. The van der Waals surface area contributed by atoms with Crippen molar-refractivity contribution in [2.75, 3.05) is 19.7 Å². The molecule has 98 valence electrons. The van der Waals surface area contributed by atoms with Gasteiger partial charge in [0.1, 0.15) is 5.56 Å². The molecule has 5 heteroatoms. The standard InChI is InChI=1S/C13H19N3O2/c14-12(17)11-4-2-7-16-13(11)18-8-5-10-3-1-6-15-9-10/h2,4,7,10,15H,1,3,5-6,8-9H2,(H2,14,17). The predicted octanol–water partition coefficient (Wildman–Crippen LogP) is 0.949. The number of pyridine rings is 1. The van der Waals surface area contributed by atoms with Gasteiger partial charge in [0.2, 0.25) is 5.88 Å². The van der Waals surface area contributed by atoms with Crippen LogP contribution in [0.3, 0.4) is 0 Å². The Morgan fingerprint density at radius 2 is 2.50 bits per heavy atom. The summed E-state index contributed by atoms with van der Waals surface area (Å²) in [6.07, 6.45) is 5.04. The second-order valence-corrected chi connectivity index (χ2v) is 4.57. The lowest BCUT2D eigenvalue weighted by atomic mass is 9.97. The van der Waals surface area contributed by atoms with E-state index in [1.165, 1.54) is 12.8 Å². The first-order chi connectivity index (χ1) is 8.77. The van der Waals surface area contributed by atoms with E-state index in [1.807, 2.05) is 0 Å². The number of hydrogen-bond donors (Lipinski definition) is 2. The number of carbonyl (C=O) groups is 1. The fourth-order valence-electron chi connectivity index (χ4n) is 2.19. The van der Waals surface area contributed by atoms with Crippen molar-refractivity contribution in [2.45, 2.75) is 19.3 Å². The van der Waals surface area contributed by atoms with Crippen LogP contribution in [0.2, 0.25) is 0 Å². The molecule has 1 unspecified atom stereocenters. The highest BCUT2D eigenvalue weighted by atomic mass is 16.5. The molecule has 0 radical (unpaired) electrons. The number of nitrogens with one attached hydrogen (secondary N) is 1. The lowest BCUT2D eigenvalue weighted by molar-refractivity contribution is 0.0995. The maximum absolute atomic E-state index is 11.2. The molecule has 1 aliphatic heterocycles. The van der Waals surface area contributed by atoms with Crippen LogP contribution in [0.1, 0.15) is 29.6 Å². The third-order valence-electron chi connectivity index (χ3n) is 3.20. The third kappa shape index (κ3) is 3.43. The van der Waals surface area contributed by atoms with E-state index in [0.717, 1.165) is 19.5 Å². The van der Waals surface area contributed by atoms with Crippen molar-refractivity contribution in [1.82, 2.24) is 10.3 Å². The first-order valence-electron chi connectivity index (χ1n) is 6.35. The summed E-state index contributed by atoms with van der Waals surface area (Å²) in [4.78, 5) is 15.2. The fraction of sp³-hybridized carbons (Fsp3) is 0.538. The van der Waals surface area contributed by atoms with E-state index in [-0.39, 0.29) is 0 Å². The SMILES string of the molecule is NC(=O)c1cccnc1OCCC1CCCNC1. The summed E-state index contributed by atoms with van der Waals surface area (Å²) in [5, 5.41) is 3.37. The van der Waals surface area contributed by atoms with Gasteiger partial charge in [-0.25, -0.2) is 4.98 Å². The number of aromatic nitrogens is 1. The van der Waals surface area contributed by atoms with Crippen LogP contribution in [0.5, 0.6) is 5.88 Å². The summed E-state index contributed by atoms with van der Waals surface area (Å²) < 4.78 is 5.56. The highest BCUT2D eigenvalue weighted by Crippen LogP contribution is 2.17. The topological polar surface area (TPSA) is 77.2 Å². The Morgan fingerprint density at radius 3 is 3.22 bits per heavy atom. The summed E-state index contributed by atoms with van der Waals surface area (Å²) in [6.45, 7) is 2.74. The summed E-state index contributed by atoms with van der Waals surface area (Å²) in [5.41, 5.74) is 5.61. The van der Waals surface area contributed by atoms with Crippen molar-refractivity contribution < 1.29 is 9.53 Å². The minimum atomic E-state index is -0.502. The lowest BCUT2D eigenvalue weighted by Gasteiger charge is -2.22. The molecule has 1 atom stereocenters. The molecule has 1 aliphatic rings. The smallest absolute Gasteiger partial charge is 0.254 e. The van der Waals surface area contributed by atoms with Crippen molar-refractivity contribution >= 4 is 5.91 Å². The highest BCUT2D eigenvalue weighted by molar-refractivity contribution is 5.94. The maximum Gasteiger partial charge on any atom is 0.254 e. The first kappa shape index (κ1) is 12.8. The van der Waals surface area contributed by atoms with Gasteiger partial charge >= 0.3 is 0 Å². The molecule has 1 aromatic heterocycles. The molecule has 0 saturated carbocycles. The maximum atomic E-state index is 11.2. The van der Waals surface area contributed by atoms with Crippen molar-refractivity contribution in [3.05, 3.63) is 23.9 Å². The van der Waals surface area contributed by atoms with Crippen LogP contribution in [-0.4, -0.2) is 30.6 Å². The van der Waals surface area contributed by atoms with Gasteiger partial charge in [-0.2, -0.15) is 0 Å². The number of hydrogen-bond acceptors (Lipinski definition) is 4. The highest BCUT2D eigenvalue weighted by Gasteiger charge is 2.14. The van der Waals surface area contributed by atoms with E-state index in [2.05, 4.69) is 10.3 Å². The summed E-state index contributed by atoms with van der Waals surface area (Å²) in [5.74, 6) is 0.491. The number of piperidine rings is 1. The molecule has 0 spiro atoms. The van der Waals surface area contributed by atoms with Gasteiger partial charge in [0.15, 0.2) is 0 Å². The number of rotatable bonds is 5. The Hall–Kier alpha value is -1.62. The van der Waals surface area contributed by atoms with Crippen LogP contribution in [0.25, 0.3) is 0 Å². The molecular weight excluding hydrogens is 230 g/mol. The van der Waals surface area contributed by atoms with Gasteiger partial charge in [0, 0.05) is 6.20 Å². The van der Waals surface area contributed by atoms with Gasteiger partial charge in [-0.05, 0) is 50.4 Å². The molecular formula is C13H19N3O2. The number of nitrogens with two attached hydrogens (primary N) is 1. The minimum absolute atomic E-state index is 0.341. The number of carbonyl (C=O) groups excluding carboxylic acids is 1. The average Bonchev–Trinajstić information content (AvgIpc) is 2.40. The largest absolute Gasteiger partial charge is 0.477 e. The fourth-order valence-corrected chi connectivity index (χ4v) is 2.19. The molecule has 0 bridgehead atoms. The zero-order chi connectivity index (χ0) is 12.8. The molecule has 1 amide bonds. The van der Waals surface area contributed by atoms with Crippen LogP contribution in [0.4, 0.5) is 0 Å². The molecule has 1 fully saturated rings. The second kappa shape index (κ2) is 6.35. The van der Waals surface area contributed by atoms with Crippen molar-refractivity contribution in [3.63, 3.8) is 0 Å². The van der Waals surface area contributed by atoms with Crippen molar-refractivity contribution in [3.8, 4) is 5.88 Å². The number of amides is 1. The second-order valence-electron chi connectivity index (χ2n) is 4.57. The Bertz CT molecular complexity index is 403. The van der Waals surface area contributed by atoms with Gasteiger partial charge in [-0.15, -0.1) is 0 Å². The van der Waals surface area contributed by atoms with Gasteiger partial charge in [0.25, 0.3) is 5.91 Å². The Balaban J connectivity index is 1.84. The molecule has 0 aromatic carbocycles. The van der Waals surface area contributed by atoms with E-state index < -0.39 is 5.91 Å². The Kier molecular flexibility index (Phi) is 4.52. The molecule has 0 aliphatic carbocycles. The van der Waals surface area contributed by atoms with Crippen LogP contribution in [-0.2, 0) is 0 Å². The molecule has 3 N–H and O–H groups in total.